The molecule has 1 aliphatic heterocycles. The highest BCUT2D eigenvalue weighted by Crippen LogP contribution is 2.38. The summed E-state index contributed by atoms with van der Waals surface area (Å²) in [6.45, 7) is 0. The standard InChI is InChI=1S/C13H10N2OS/c16-13-12(7-9-5-6-14-8-9)17-11-4-2-1-3-10(11)15-13/h1-8,14H,(H,15,16)/b12-7+. The van der Waals surface area contributed by atoms with Crippen molar-refractivity contribution in [1.82, 2.24) is 4.98 Å². The van der Waals surface area contributed by atoms with Crippen LogP contribution in [-0.4, -0.2) is 10.9 Å². The molecule has 1 amide bonds. The fourth-order valence-electron chi connectivity index (χ4n) is 1.68. The van der Waals surface area contributed by atoms with Crippen LogP contribution >= 0.6 is 11.8 Å². The van der Waals surface area contributed by atoms with Crippen molar-refractivity contribution in [2.45, 2.75) is 4.90 Å². The zero-order valence-electron chi connectivity index (χ0n) is 8.94. The van der Waals surface area contributed by atoms with Crippen molar-refractivity contribution < 1.29 is 4.79 Å². The van der Waals surface area contributed by atoms with Gasteiger partial charge in [0.2, 0.25) is 0 Å². The van der Waals surface area contributed by atoms with Crippen molar-refractivity contribution in [2.75, 3.05) is 5.32 Å². The van der Waals surface area contributed by atoms with E-state index < -0.39 is 0 Å². The van der Waals surface area contributed by atoms with Crippen LogP contribution in [0.1, 0.15) is 5.56 Å². The number of carbonyl (C=O) groups is 1. The molecule has 84 valence electrons. The summed E-state index contributed by atoms with van der Waals surface area (Å²) in [7, 11) is 0. The van der Waals surface area contributed by atoms with Gasteiger partial charge >= 0.3 is 0 Å². The Morgan fingerprint density at radius 2 is 2.06 bits per heavy atom. The first-order valence-corrected chi connectivity index (χ1v) is 6.07. The number of aromatic nitrogens is 1. The van der Waals surface area contributed by atoms with Gasteiger partial charge < -0.3 is 10.3 Å². The van der Waals surface area contributed by atoms with Crippen LogP contribution in [0, 0.1) is 0 Å². The second kappa shape index (κ2) is 4.14. The number of H-pyrrole nitrogens is 1. The average Bonchev–Trinajstić information content (AvgIpc) is 2.83. The van der Waals surface area contributed by atoms with Crippen LogP contribution in [0.2, 0.25) is 0 Å². The van der Waals surface area contributed by atoms with E-state index in [2.05, 4.69) is 10.3 Å². The molecule has 17 heavy (non-hydrogen) atoms. The number of hydrogen-bond donors (Lipinski definition) is 2. The number of benzene rings is 1. The third-order valence-corrected chi connectivity index (χ3v) is 3.60. The van der Waals surface area contributed by atoms with Crippen LogP contribution in [0.5, 0.6) is 0 Å². The van der Waals surface area contributed by atoms with E-state index in [1.807, 2.05) is 48.8 Å². The Morgan fingerprint density at radius 3 is 2.88 bits per heavy atom. The highest BCUT2D eigenvalue weighted by molar-refractivity contribution is 8.04. The lowest BCUT2D eigenvalue weighted by molar-refractivity contribution is -0.112. The normalized spacial score (nSPS) is 16.7. The number of aromatic amines is 1. The molecule has 0 saturated heterocycles. The highest BCUT2D eigenvalue weighted by atomic mass is 32.2. The monoisotopic (exact) mass is 242 g/mol. The van der Waals surface area contributed by atoms with Crippen LogP contribution in [0.4, 0.5) is 5.69 Å². The lowest BCUT2D eigenvalue weighted by Crippen LogP contribution is -2.16. The number of hydrogen-bond acceptors (Lipinski definition) is 2. The zero-order valence-corrected chi connectivity index (χ0v) is 9.75. The molecule has 0 atom stereocenters. The Bertz CT molecular complexity index is 587. The molecule has 1 aromatic heterocycles. The number of amides is 1. The SMILES string of the molecule is O=C1Nc2ccccc2S/C1=C/c1cc[nH]c1. The van der Waals surface area contributed by atoms with Crippen LogP contribution in [0.15, 0.2) is 52.5 Å². The predicted molar refractivity (Wildman–Crippen MR) is 69.7 cm³/mol. The molecular formula is C13H10N2OS. The first-order valence-electron chi connectivity index (χ1n) is 5.26. The molecule has 3 nitrogen and oxygen atoms in total. The smallest absolute Gasteiger partial charge is 0.262 e. The van der Waals surface area contributed by atoms with E-state index in [0.717, 1.165) is 16.1 Å². The molecule has 1 aliphatic rings. The Morgan fingerprint density at radius 1 is 1.18 bits per heavy atom. The quantitative estimate of drug-likeness (QED) is 0.755. The van der Waals surface area contributed by atoms with Gasteiger partial charge in [-0.05, 0) is 29.8 Å². The van der Waals surface area contributed by atoms with Crippen molar-refractivity contribution in [3.05, 3.63) is 53.2 Å². The second-order valence-electron chi connectivity index (χ2n) is 3.71. The van der Waals surface area contributed by atoms with Crippen LogP contribution in [0.25, 0.3) is 6.08 Å². The maximum atomic E-state index is 11.9. The largest absolute Gasteiger partial charge is 0.367 e. The highest BCUT2D eigenvalue weighted by Gasteiger charge is 2.20. The van der Waals surface area contributed by atoms with Crippen molar-refractivity contribution in [3.8, 4) is 0 Å². The number of rotatable bonds is 1. The summed E-state index contributed by atoms with van der Waals surface area (Å²) in [4.78, 5) is 16.6. The van der Waals surface area contributed by atoms with Gasteiger partial charge in [0.1, 0.15) is 0 Å². The third-order valence-electron chi connectivity index (χ3n) is 2.50. The number of fused-ring (bicyclic) bond motifs is 1. The maximum absolute atomic E-state index is 11.9. The molecule has 2 aromatic rings. The van der Waals surface area contributed by atoms with Gasteiger partial charge in [-0.1, -0.05) is 23.9 Å². The van der Waals surface area contributed by atoms with E-state index in [0.29, 0.717) is 4.91 Å². The molecule has 0 bridgehead atoms. The van der Waals surface area contributed by atoms with E-state index in [9.17, 15) is 4.79 Å². The minimum Gasteiger partial charge on any atom is -0.367 e. The van der Waals surface area contributed by atoms with Gasteiger partial charge in [0.15, 0.2) is 0 Å². The summed E-state index contributed by atoms with van der Waals surface area (Å²) in [5.41, 5.74) is 1.88. The summed E-state index contributed by atoms with van der Waals surface area (Å²) in [5, 5.41) is 2.88. The zero-order chi connectivity index (χ0) is 11.7. The van der Waals surface area contributed by atoms with E-state index in [1.54, 1.807) is 0 Å². The minimum absolute atomic E-state index is 0.0464. The predicted octanol–water partition coefficient (Wildman–Crippen LogP) is 3.10. The fourth-order valence-corrected chi connectivity index (χ4v) is 2.63. The summed E-state index contributed by atoms with van der Waals surface area (Å²) < 4.78 is 0. The summed E-state index contributed by atoms with van der Waals surface area (Å²) in [6.07, 6.45) is 5.58. The summed E-state index contributed by atoms with van der Waals surface area (Å²) in [6, 6.07) is 9.73. The Balaban J connectivity index is 1.97. The topological polar surface area (TPSA) is 44.9 Å². The third kappa shape index (κ3) is 1.99. The number of anilines is 1. The summed E-state index contributed by atoms with van der Waals surface area (Å²) >= 11 is 1.50. The average molecular weight is 242 g/mol. The number of thioether (sulfide) groups is 1. The Hall–Kier alpha value is -1.94. The van der Waals surface area contributed by atoms with Gasteiger partial charge in [0, 0.05) is 17.3 Å². The van der Waals surface area contributed by atoms with E-state index >= 15 is 0 Å². The van der Waals surface area contributed by atoms with Crippen LogP contribution in [0.3, 0.4) is 0 Å². The molecule has 3 rings (SSSR count). The lowest BCUT2D eigenvalue weighted by atomic mass is 10.2. The van der Waals surface area contributed by atoms with Gasteiger partial charge in [0.25, 0.3) is 5.91 Å². The molecular weight excluding hydrogens is 232 g/mol. The van der Waals surface area contributed by atoms with Crippen LogP contribution in [-0.2, 0) is 4.79 Å². The minimum atomic E-state index is -0.0464. The molecule has 0 radical (unpaired) electrons. The molecule has 0 unspecified atom stereocenters. The number of para-hydroxylation sites is 1. The molecule has 1 aromatic carbocycles. The van der Waals surface area contributed by atoms with Crippen molar-refractivity contribution in [3.63, 3.8) is 0 Å². The molecule has 2 heterocycles. The van der Waals surface area contributed by atoms with Gasteiger partial charge in [-0.15, -0.1) is 0 Å². The Labute approximate surface area is 103 Å². The van der Waals surface area contributed by atoms with Crippen molar-refractivity contribution in [1.29, 1.82) is 0 Å². The van der Waals surface area contributed by atoms with E-state index in [1.165, 1.54) is 11.8 Å². The first-order chi connectivity index (χ1) is 8.33. The first kappa shape index (κ1) is 10.2. The number of nitrogens with one attached hydrogen (secondary N) is 2. The lowest BCUT2D eigenvalue weighted by Gasteiger charge is -2.17. The van der Waals surface area contributed by atoms with Crippen molar-refractivity contribution >= 4 is 29.4 Å². The summed E-state index contributed by atoms with van der Waals surface area (Å²) in [5.74, 6) is -0.0464. The molecule has 0 spiro atoms. The van der Waals surface area contributed by atoms with Crippen LogP contribution < -0.4 is 5.32 Å². The van der Waals surface area contributed by atoms with E-state index in [4.69, 9.17) is 0 Å². The van der Waals surface area contributed by atoms with Gasteiger partial charge in [0.05, 0.1) is 10.6 Å². The number of carbonyl (C=O) groups excluding carboxylic acids is 1. The second-order valence-corrected chi connectivity index (χ2v) is 4.79. The van der Waals surface area contributed by atoms with E-state index in [-0.39, 0.29) is 5.91 Å². The molecule has 4 heteroatoms. The molecule has 2 N–H and O–H groups in total. The van der Waals surface area contributed by atoms with Gasteiger partial charge in [-0.25, -0.2) is 0 Å². The van der Waals surface area contributed by atoms with Gasteiger partial charge in [-0.2, -0.15) is 0 Å². The molecule has 0 aliphatic carbocycles. The van der Waals surface area contributed by atoms with Crippen molar-refractivity contribution in [2.24, 2.45) is 0 Å². The molecule has 0 saturated carbocycles. The fraction of sp³-hybridized carbons (Fsp3) is 0. The Kier molecular flexibility index (Phi) is 2.49. The maximum Gasteiger partial charge on any atom is 0.262 e. The molecule has 0 fully saturated rings. The van der Waals surface area contributed by atoms with Gasteiger partial charge in [-0.3, -0.25) is 4.79 Å².